The predicted molar refractivity (Wildman–Crippen MR) is 142 cm³/mol. The largest absolute Gasteiger partial charge is 0.352 e. The molecule has 0 bridgehead atoms. The van der Waals surface area contributed by atoms with Crippen molar-refractivity contribution in [3.8, 4) is 0 Å². The molecule has 35 heavy (non-hydrogen) atoms. The number of benzene rings is 2. The molecule has 1 N–H and O–H groups in total. The number of nitrogens with one attached hydrogen (secondary N) is 1. The number of hydrogen-bond donors (Lipinski definition) is 1. The second kappa shape index (κ2) is 12.1. The van der Waals surface area contributed by atoms with Crippen LogP contribution >= 0.6 is 23.2 Å². The Morgan fingerprint density at radius 1 is 1.06 bits per heavy atom. The molecule has 2 rings (SSSR count). The Hall–Kier alpha value is -2.29. The van der Waals surface area contributed by atoms with Gasteiger partial charge < -0.3 is 10.2 Å². The van der Waals surface area contributed by atoms with Crippen molar-refractivity contribution < 1.29 is 18.0 Å². The number of carbonyl (C=O) groups excluding carboxylic acids is 2. The van der Waals surface area contributed by atoms with Crippen LogP contribution < -0.4 is 9.62 Å². The van der Waals surface area contributed by atoms with Gasteiger partial charge in [0.2, 0.25) is 21.8 Å². The molecule has 2 aromatic carbocycles. The first-order valence-electron chi connectivity index (χ1n) is 11.3. The number of sulfonamides is 1. The normalized spacial score (nSPS) is 12.4. The van der Waals surface area contributed by atoms with Crippen LogP contribution in [0.15, 0.2) is 36.4 Å². The van der Waals surface area contributed by atoms with Crippen molar-refractivity contribution in [2.24, 2.45) is 0 Å². The van der Waals surface area contributed by atoms with Gasteiger partial charge in [0.1, 0.15) is 12.6 Å². The predicted octanol–water partition coefficient (Wildman–Crippen LogP) is 4.71. The van der Waals surface area contributed by atoms with E-state index in [1.807, 2.05) is 33.8 Å². The van der Waals surface area contributed by atoms with Crippen molar-refractivity contribution in [1.82, 2.24) is 10.2 Å². The van der Waals surface area contributed by atoms with Crippen LogP contribution in [0.25, 0.3) is 0 Å². The Balaban J connectivity index is 2.51. The molecule has 0 unspecified atom stereocenters. The first-order valence-corrected chi connectivity index (χ1v) is 13.9. The summed E-state index contributed by atoms with van der Waals surface area (Å²) in [5, 5.41) is 3.55. The molecule has 0 radical (unpaired) electrons. The van der Waals surface area contributed by atoms with Crippen molar-refractivity contribution in [3.63, 3.8) is 0 Å². The van der Waals surface area contributed by atoms with Crippen LogP contribution in [0.2, 0.25) is 10.0 Å². The number of hydrogen-bond acceptors (Lipinski definition) is 4. The number of nitrogens with zero attached hydrogens (tertiary/aromatic N) is 2. The van der Waals surface area contributed by atoms with E-state index in [4.69, 9.17) is 23.2 Å². The highest BCUT2D eigenvalue weighted by Gasteiger charge is 2.32. The summed E-state index contributed by atoms with van der Waals surface area (Å²) in [7, 11) is -3.80. The lowest BCUT2D eigenvalue weighted by molar-refractivity contribution is -0.140. The third-order valence-corrected chi connectivity index (χ3v) is 7.54. The highest BCUT2D eigenvalue weighted by Crippen LogP contribution is 2.27. The molecule has 0 aromatic heterocycles. The molecule has 0 saturated carbocycles. The van der Waals surface area contributed by atoms with Crippen LogP contribution in [0.1, 0.15) is 43.9 Å². The Morgan fingerprint density at radius 3 is 2.26 bits per heavy atom. The molecule has 1 atom stereocenters. The van der Waals surface area contributed by atoms with Gasteiger partial charge in [-0.05, 0) is 69.0 Å². The lowest BCUT2D eigenvalue weighted by atomic mass is 10.1. The summed E-state index contributed by atoms with van der Waals surface area (Å²) < 4.78 is 26.6. The van der Waals surface area contributed by atoms with Crippen LogP contribution in [-0.2, 0) is 26.2 Å². The van der Waals surface area contributed by atoms with E-state index in [9.17, 15) is 18.0 Å². The molecule has 0 heterocycles. The molecule has 2 aromatic rings. The highest BCUT2D eigenvalue weighted by atomic mass is 35.5. The average Bonchev–Trinajstić information content (AvgIpc) is 2.75. The second-order valence-corrected chi connectivity index (χ2v) is 11.6. The fourth-order valence-electron chi connectivity index (χ4n) is 3.74. The molecule has 0 spiro atoms. The first-order chi connectivity index (χ1) is 16.3. The summed E-state index contributed by atoms with van der Waals surface area (Å²) in [5.41, 5.74) is 2.75. The number of carbonyl (C=O) groups is 2. The fraction of sp³-hybridized carbons (Fsp3) is 0.440. The molecule has 0 aliphatic carbocycles. The first kappa shape index (κ1) is 28.9. The smallest absolute Gasteiger partial charge is 0.244 e. The van der Waals surface area contributed by atoms with E-state index in [1.165, 1.54) is 4.90 Å². The van der Waals surface area contributed by atoms with Gasteiger partial charge in [0.15, 0.2) is 0 Å². The van der Waals surface area contributed by atoms with Gasteiger partial charge in [-0.25, -0.2) is 8.42 Å². The Kier molecular flexibility index (Phi) is 10.0. The van der Waals surface area contributed by atoms with E-state index in [1.54, 1.807) is 37.3 Å². The maximum absolute atomic E-state index is 13.7. The third-order valence-electron chi connectivity index (χ3n) is 5.68. The van der Waals surface area contributed by atoms with E-state index in [0.29, 0.717) is 27.7 Å². The lowest BCUT2D eigenvalue weighted by Gasteiger charge is -2.33. The zero-order valence-corrected chi connectivity index (χ0v) is 23.3. The van der Waals surface area contributed by atoms with Crippen LogP contribution in [0.5, 0.6) is 0 Å². The Labute approximate surface area is 218 Å². The van der Waals surface area contributed by atoms with E-state index < -0.39 is 28.5 Å². The summed E-state index contributed by atoms with van der Waals surface area (Å²) in [6.07, 6.45) is 1.40. The number of rotatable bonds is 10. The van der Waals surface area contributed by atoms with Gasteiger partial charge in [-0.1, -0.05) is 48.3 Å². The Bertz CT molecular complexity index is 1190. The van der Waals surface area contributed by atoms with Gasteiger partial charge in [-0.3, -0.25) is 13.9 Å². The van der Waals surface area contributed by atoms with Gasteiger partial charge in [-0.15, -0.1) is 0 Å². The van der Waals surface area contributed by atoms with E-state index in [0.717, 1.165) is 21.7 Å². The molecule has 0 fully saturated rings. The van der Waals surface area contributed by atoms with Gasteiger partial charge in [-0.2, -0.15) is 0 Å². The summed E-state index contributed by atoms with van der Waals surface area (Å²) in [4.78, 5) is 28.1. The lowest BCUT2D eigenvalue weighted by Crippen LogP contribution is -2.53. The summed E-state index contributed by atoms with van der Waals surface area (Å²) in [6.45, 7) is 8.77. The minimum absolute atomic E-state index is 0.0597. The summed E-state index contributed by atoms with van der Waals surface area (Å²) in [6, 6.07) is 9.34. The third kappa shape index (κ3) is 7.59. The summed E-state index contributed by atoms with van der Waals surface area (Å²) >= 11 is 12.2. The molecule has 192 valence electrons. The molecule has 0 aliphatic heterocycles. The molecule has 7 nitrogen and oxygen atoms in total. The maximum atomic E-state index is 13.7. The topological polar surface area (TPSA) is 86.8 Å². The highest BCUT2D eigenvalue weighted by molar-refractivity contribution is 7.92. The minimum Gasteiger partial charge on any atom is -0.352 e. The standard InChI is InChI=1S/C25H33Cl2N3O4S/c1-7-22(25(32)28-16(2)3)29(14-19-11-12-20(26)21(27)13-19)24(31)15-30(35(6,33)34)23-10-8-9-17(4)18(23)5/h8-13,16,22H,7,14-15H2,1-6H3,(H,28,32)/t22-/m0/s1. The summed E-state index contributed by atoms with van der Waals surface area (Å²) in [5.74, 6) is -0.818. The number of aryl methyl sites for hydroxylation is 1. The van der Waals surface area contributed by atoms with Gasteiger partial charge in [0, 0.05) is 12.6 Å². The molecule has 0 aliphatic rings. The zero-order chi connectivity index (χ0) is 26.5. The quantitative estimate of drug-likeness (QED) is 0.471. The van der Waals surface area contributed by atoms with Crippen LogP contribution in [0.3, 0.4) is 0 Å². The maximum Gasteiger partial charge on any atom is 0.244 e. The van der Waals surface area contributed by atoms with Crippen LogP contribution in [0, 0.1) is 13.8 Å². The van der Waals surface area contributed by atoms with Crippen molar-refractivity contribution in [2.75, 3.05) is 17.1 Å². The molecular weight excluding hydrogens is 509 g/mol. The van der Waals surface area contributed by atoms with Crippen LogP contribution in [-0.4, -0.2) is 50.0 Å². The monoisotopic (exact) mass is 541 g/mol. The van der Waals surface area contributed by atoms with Crippen molar-refractivity contribution in [2.45, 2.75) is 59.7 Å². The van der Waals surface area contributed by atoms with Gasteiger partial charge in [0.05, 0.1) is 22.0 Å². The fourth-order valence-corrected chi connectivity index (χ4v) is 4.96. The number of halogens is 2. The molecule has 0 saturated heterocycles. The van der Waals surface area contributed by atoms with Gasteiger partial charge in [0.25, 0.3) is 0 Å². The van der Waals surface area contributed by atoms with E-state index in [-0.39, 0.29) is 18.5 Å². The SMILES string of the molecule is CC[C@@H](C(=O)NC(C)C)N(Cc1ccc(Cl)c(Cl)c1)C(=O)CN(c1cccc(C)c1C)S(C)(=O)=O. The Morgan fingerprint density at radius 2 is 1.71 bits per heavy atom. The van der Waals surface area contributed by atoms with E-state index in [2.05, 4.69) is 5.32 Å². The minimum atomic E-state index is -3.80. The molecular formula is C25H33Cl2N3O4S. The number of amides is 2. The van der Waals surface area contributed by atoms with Crippen LogP contribution in [0.4, 0.5) is 5.69 Å². The second-order valence-electron chi connectivity index (χ2n) is 8.85. The molecule has 2 amide bonds. The average molecular weight is 543 g/mol. The van der Waals surface area contributed by atoms with Gasteiger partial charge >= 0.3 is 0 Å². The zero-order valence-electron chi connectivity index (χ0n) is 20.9. The number of anilines is 1. The van der Waals surface area contributed by atoms with E-state index >= 15 is 0 Å². The van der Waals surface area contributed by atoms with Crippen molar-refractivity contribution in [1.29, 1.82) is 0 Å². The van der Waals surface area contributed by atoms with Crippen molar-refractivity contribution >= 4 is 50.7 Å². The van der Waals surface area contributed by atoms with Crippen molar-refractivity contribution in [3.05, 3.63) is 63.1 Å². The molecule has 10 heteroatoms.